The molecule has 2 rings (SSSR count). The molecule has 0 aliphatic rings. The number of carbonyl (C=O) groups excluding carboxylic acids is 2. The van der Waals surface area contributed by atoms with Crippen LogP contribution in [0.3, 0.4) is 0 Å². The van der Waals surface area contributed by atoms with E-state index in [1.165, 1.54) is 24.2 Å². The van der Waals surface area contributed by atoms with Crippen LogP contribution in [0.1, 0.15) is 15.9 Å². The van der Waals surface area contributed by atoms with Crippen molar-refractivity contribution in [3.63, 3.8) is 0 Å². The van der Waals surface area contributed by atoms with Gasteiger partial charge in [-0.2, -0.15) is 0 Å². The van der Waals surface area contributed by atoms with Crippen LogP contribution in [-0.2, 0) is 4.79 Å². The zero-order valence-corrected chi connectivity index (χ0v) is 14.2. The minimum atomic E-state index is -0.374. The molecule has 1 heterocycles. The van der Waals surface area contributed by atoms with Crippen molar-refractivity contribution in [3.8, 4) is 0 Å². The van der Waals surface area contributed by atoms with Gasteiger partial charge in [0.2, 0.25) is 5.91 Å². The summed E-state index contributed by atoms with van der Waals surface area (Å²) in [5.41, 5.74) is 6.29. The Kier molecular flexibility index (Phi) is 5.97. The van der Waals surface area contributed by atoms with Crippen molar-refractivity contribution in [3.05, 3.63) is 58.3 Å². The molecule has 1 aromatic heterocycles. The van der Waals surface area contributed by atoms with Gasteiger partial charge < -0.3 is 0 Å². The fourth-order valence-corrected chi connectivity index (χ4v) is 2.94. The van der Waals surface area contributed by atoms with Crippen LogP contribution in [0.2, 0.25) is 0 Å². The molecule has 2 amide bonds. The molecule has 0 bridgehead atoms. The molecule has 0 saturated carbocycles. The highest BCUT2D eigenvalue weighted by Crippen LogP contribution is 2.24. The molecule has 0 fully saturated rings. The van der Waals surface area contributed by atoms with Gasteiger partial charge in [-0.15, -0.1) is 11.8 Å². The van der Waals surface area contributed by atoms with Gasteiger partial charge in [-0.25, -0.2) is 0 Å². The summed E-state index contributed by atoms with van der Waals surface area (Å²) in [6.45, 7) is 1.98. The van der Waals surface area contributed by atoms with Crippen molar-refractivity contribution in [2.45, 2.75) is 11.8 Å². The Morgan fingerprint density at radius 2 is 1.91 bits per heavy atom. The normalized spacial score (nSPS) is 10.1. The van der Waals surface area contributed by atoms with Gasteiger partial charge in [-0.05, 0) is 42.8 Å². The molecule has 0 saturated heterocycles. The predicted molar refractivity (Wildman–Crippen MR) is 89.4 cm³/mol. The Balaban J connectivity index is 1.80. The van der Waals surface area contributed by atoms with Crippen LogP contribution in [0.4, 0.5) is 0 Å². The highest BCUT2D eigenvalue weighted by atomic mass is 79.9. The van der Waals surface area contributed by atoms with Crippen molar-refractivity contribution >= 4 is 39.5 Å². The molecule has 0 aliphatic heterocycles. The number of benzene rings is 1. The van der Waals surface area contributed by atoms with Gasteiger partial charge >= 0.3 is 0 Å². The van der Waals surface area contributed by atoms with Crippen molar-refractivity contribution in [1.29, 1.82) is 0 Å². The SMILES string of the molecule is Cc1cc(Br)ccc1SCC(=O)NNC(=O)c1ccncc1. The molecule has 2 aromatic rings. The van der Waals surface area contributed by atoms with Gasteiger partial charge in [-0.3, -0.25) is 25.4 Å². The number of aryl methyl sites for hydroxylation is 1. The third-order valence-electron chi connectivity index (χ3n) is 2.75. The number of aromatic nitrogens is 1. The Hall–Kier alpha value is -1.86. The first-order chi connectivity index (χ1) is 10.6. The van der Waals surface area contributed by atoms with Crippen LogP contribution in [0.5, 0.6) is 0 Å². The second-order valence-corrected chi connectivity index (χ2v) is 6.37. The number of hydrazine groups is 1. The molecule has 0 spiro atoms. The summed E-state index contributed by atoms with van der Waals surface area (Å²) in [5.74, 6) is -0.422. The van der Waals surface area contributed by atoms with E-state index >= 15 is 0 Å². The summed E-state index contributed by atoms with van der Waals surface area (Å²) in [7, 11) is 0. The Labute approximate surface area is 141 Å². The Morgan fingerprint density at radius 3 is 2.59 bits per heavy atom. The molecule has 2 N–H and O–H groups in total. The maximum Gasteiger partial charge on any atom is 0.269 e. The molecule has 22 heavy (non-hydrogen) atoms. The quantitative estimate of drug-likeness (QED) is 0.632. The molecule has 5 nitrogen and oxygen atoms in total. The number of amides is 2. The van der Waals surface area contributed by atoms with Crippen LogP contribution >= 0.6 is 27.7 Å². The zero-order valence-electron chi connectivity index (χ0n) is 11.8. The number of hydrogen-bond acceptors (Lipinski definition) is 4. The van der Waals surface area contributed by atoms with Crippen molar-refractivity contribution in [2.75, 3.05) is 5.75 Å². The van der Waals surface area contributed by atoms with Gasteiger partial charge in [0.15, 0.2) is 0 Å². The number of rotatable bonds is 4. The van der Waals surface area contributed by atoms with E-state index < -0.39 is 0 Å². The molecule has 0 aliphatic carbocycles. The maximum atomic E-state index is 11.8. The lowest BCUT2D eigenvalue weighted by Crippen LogP contribution is -2.42. The number of thioether (sulfide) groups is 1. The van der Waals surface area contributed by atoms with E-state index in [1.54, 1.807) is 12.1 Å². The molecule has 114 valence electrons. The van der Waals surface area contributed by atoms with E-state index in [-0.39, 0.29) is 17.6 Å². The van der Waals surface area contributed by atoms with Gasteiger partial charge in [0.25, 0.3) is 5.91 Å². The number of carbonyl (C=O) groups is 2. The van der Waals surface area contributed by atoms with E-state index in [4.69, 9.17) is 0 Å². The summed E-state index contributed by atoms with van der Waals surface area (Å²) in [5, 5.41) is 0. The molecule has 0 radical (unpaired) electrons. The van der Waals surface area contributed by atoms with Crippen LogP contribution in [0.15, 0.2) is 52.1 Å². The Bertz CT molecular complexity index is 680. The average molecular weight is 380 g/mol. The number of nitrogens with zero attached hydrogens (tertiary/aromatic N) is 1. The molecule has 1 aromatic carbocycles. The topological polar surface area (TPSA) is 71.1 Å². The van der Waals surface area contributed by atoms with E-state index in [0.29, 0.717) is 5.56 Å². The lowest BCUT2D eigenvalue weighted by Gasteiger charge is -2.08. The molecule has 0 unspecified atom stereocenters. The fraction of sp³-hybridized carbons (Fsp3) is 0.133. The monoisotopic (exact) mass is 379 g/mol. The first kappa shape index (κ1) is 16.5. The lowest BCUT2D eigenvalue weighted by molar-refractivity contribution is -0.119. The lowest BCUT2D eigenvalue weighted by atomic mass is 10.2. The summed E-state index contributed by atoms with van der Waals surface area (Å²) in [6.07, 6.45) is 3.03. The van der Waals surface area contributed by atoms with Crippen LogP contribution in [-0.4, -0.2) is 22.6 Å². The van der Waals surface area contributed by atoms with Crippen molar-refractivity contribution < 1.29 is 9.59 Å². The van der Waals surface area contributed by atoms with Crippen molar-refractivity contribution in [2.24, 2.45) is 0 Å². The minimum Gasteiger partial charge on any atom is -0.272 e. The van der Waals surface area contributed by atoms with Gasteiger partial charge in [0.05, 0.1) is 5.75 Å². The molecular formula is C15H14BrN3O2S. The van der Waals surface area contributed by atoms with Gasteiger partial charge in [-0.1, -0.05) is 15.9 Å². The second kappa shape index (κ2) is 7.95. The van der Waals surface area contributed by atoms with Gasteiger partial charge in [0.1, 0.15) is 0 Å². The first-order valence-corrected chi connectivity index (χ1v) is 8.22. The van der Waals surface area contributed by atoms with E-state index in [2.05, 4.69) is 31.8 Å². The standard InChI is InChI=1S/C15H14BrN3O2S/c1-10-8-12(16)2-3-13(10)22-9-14(20)18-19-15(21)11-4-6-17-7-5-11/h2-8H,9H2,1H3,(H,18,20)(H,19,21). The zero-order chi connectivity index (χ0) is 15.9. The molecular weight excluding hydrogens is 366 g/mol. The average Bonchev–Trinajstić information content (AvgIpc) is 2.52. The summed E-state index contributed by atoms with van der Waals surface area (Å²) >= 11 is 4.82. The van der Waals surface area contributed by atoms with Crippen molar-refractivity contribution in [1.82, 2.24) is 15.8 Å². The number of nitrogens with one attached hydrogen (secondary N) is 2. The Morgan fingerprint density at radius 1 is 1.18 bits per heavy atom. The fourth-order valence-electron chi connectivity index (χ4n) is 1.66. The number of hydrogen-bond donors (Lipinski definition) is 2. The van der Waals surface area contributed by atoms with E-state index in [1.807, 2.05) is 25.1 Å². The summed E-state index contributed by atoms with van der Waals surface area (Å²) in [4.78, 5) is 28.4. The van der Waals surface area contributed by atoms with E-state index in [9.17, 15) is 9.59 Å². The highest BCUT2D eigenvalue weighted by molar-refractivity contribution is 9.10. The van der Waals surface area contributed by atoms with Gasteiger partial charge in [0, 0.05) is 27.3 Å². The third-order valence-corrected chi connectivity index (χ3v) is 4.42. The first-order valence-electron chi connectivity index (χ1n) is 6.44. The predicted octanol–water partition coefficient (Wildman–Crippen LogP) is 2.71. The van der Waals surface area contributed by atoms with Crippen LogP contribution in [0, 0.1) is 6.92 Å². The molecule has 0 atom stereocenters. The minimum absolute atomic E-state index is 0.221. The number of pyridine rings is 1. The summed E-state index contributed by atoms with van der Waals surface area (Å²) in [6, 6.07) is 9.01. The highest BCUT2D eigenvalue weighted by Gasteiger charge is 2.08. The van der Waals surface area contributed by atoms with E-state index in [0.717, 1.165) is 14.9 Å². The largest absolute Gasteiger partial charge is 0.272 e. The third kappa shape index (κ3) is 4.85. The molecule has 7 heteroatoms. The summed E-state index contributed by atoms with van der Waals surface area (Å²) < 4.78 is 1.00. The maximum absolute atomic E-state index is 11.8. The van der Waals surface area contributed by atoms with Crippen LogP contribution < -0.4 is 10.9 Å². The number of halogens is 1. The second-order valence-electron chi connectivity index (χ2n) is 4.44. The van der Waals surface area contributed by atoms with Crippen LogP contribution in [0.25, 0.3) is 0 Å². The smallest absolute Gasteiger partial charge is 0.269 e.